The van der Waals surface area contributed by atoms with E-state index in [1.807, 2.05) is 42.5 Å². The molecule has 38 heavy (non-hydrogen) atoms. The molecule has 6 heteroatoms. The molecule has 204 valence electrons. The molecule has 0 radical (unpaired) electrons. The predicted octanol–water partition coefficient (Wildman–Crippen LogP) is 7.45. The summed E-state index contributed by atoms with van der Waals surface area (Å²) in [7, 11) is 4.66. The fourth-order valence-corrected chi connectivity index (χ4v) is 4.54. The van der Waals surface area contributed by atoms with Crippen molar-refractivity contribution in [2.75, 3.05) is 27.9 Å². The Balaban J connectivity index is 1.80. The van der Waals surface area contributed by atoms with Crippen LogP contribution < -0.4 is 9.47 Å². The van der Waals surface area contributed by atoms with Crippen molar-refractivity contribution in [1.29, 1.82) is 0 Å². The van der Waals surface area contributed by atoms with Gasteiger partial charge in [0.15, 0.2) is 0 Å². The molecule has 0 unspecified atom stereocenters. The van der Waals surface area contributed by atoms with E-state index in [-0.39, 0.29) is 23.1 Å². The number of carbonyl (C=O) groups excluding carboxylic acids is 1. The van der Waals surface area contributed by atoms with Crippen molar-refractivity contribution < 1.29 is 28.1 Å². The van der Waals surface area contributed by atoms with Crippen molar-refractivity contribution >= 4 is 5.97 Å². The van der Waals surface area contributed by atoms with Gasteiger partial charge in [0.1, 0.15) is 23.9 Å². The average Bonchev–Trinajstić information content (AvgIpc) is 2.91. The van der Waals surface area contributed by atoms with Crippen molar-refractivity contribution in [3.63, 3.8) is 0 Å². The lowest BCUT2D eigenvalue weighted by molar-refractivity contribution is -0.141. The quantitative estimate of drug-likeness (QED) is 0.183. The Labute approximate surface area is 225 Å². The number of ether oxygens (including phenoxy) is 4. The van der Waals surface area contributed by atoms with Gasteiger partial charge in [0.05, 0.1) is 20.6 Å². The molecule has 3 rings (SSSR count). The zero-order valence-electron chi connectivity index (χ0n) is 23.3. The van der Waals surface area contributed by atoms with Gasteiger partial charge in [0.2, 0.25) is 0 Å². The molecule has 0 aliphatic rings. The van der Waals surface area contributed by atoms with E-state index in [2.05, 4.69) is 20.8 Å². The number of carbonyl (C=O) groups is 1. The number of hydrogen-bond acceptors (Lipinski definition) is 5. The highest BCUT2D eigenvalue weighted by atomic mass is 19.1. The molecule has 0 heterocycles. The molecule has 3 aromatic carbocycles. The van der Waals surface area contributed by atoms with Gasteiger partial charge >= 0.3 is 5.97 Å². The van der Waals surface area contributed by atoms with Crippen molar-refractivity contribution in [3.8, 4) is 22.6 Å². The predicted molar refractivity (Wildman–Crippen MR) is 148 cm³/mol. The summed E-state index contributed by atoms with van der Waals surface area (Å²) in [6, 6.07) is 18.7. The maximum atomic E-state index is 14.9. The zero-order valence-corrected chi connectivity index (χ0v) is 23.3. The van der Waals surface area contributed by atoms with Crippen LogP contribution in [0.25, 0.3) is 11.1 Å². The van der Waals surface area contributed by atoms with Crippen LogP contribution in [0.3, 0.4) is 0 Å². The molecule has 0 bridgehead atoms. The second kappa shape index (κ2) is 13.4. The second-order valence-electron chi connectivity index (χ2n) is 10.4. The van der Waals surface area contributed by atoms with Gasteiger partial charge in [0.25, 0.3) is 0 Å². The van der Waals surface area contributed by atoms with Crippen LogP contribution in [-0.4, -0.2) is 33.9 Å². The number of esters is 1. The summed E-state index contributed by atoms with van der Waals surface area (Å²) in [5, 5.41) is 0. The zero-order chi connectivity index (χ0) is 27.7. The van der Waals surface area contributed by atoms with Gasteiger partial charge in [-0.2, -0.15) is 0 Å². The number of methoxy groups -OCH3 is 3. The summed E-state index contributed by atoms with van der Waals surface area (Å²) >= 11 is 0. The van der Waals surface area contributed by atoms with E-state index < -0.39 is 0 Å². The highest BCUT2D eigenvalue weighted by Gasteiger charge is 2.22. The van der Waals surface area contributed by atoms with Crippen molar-refractivity contribution in [2.24, 2.45) is 0 Å². The Morgan fingerprint density at radius 3 is 2.24 bits per heavy atom. The van der Waals surface area contributed by atoms with Crippen LogP contribution in [0, 0.1) is 5.82 Å². The molecule has 0 saturated heterocycles. The lowest BCUT2D eigenvalue weighted by Crippen LogP contribution is -2.13. The summed E-state index contributed by atoms with van der Waals surface area (Å²) in [5.41, 5.74) is 4.19. The number of hydrogen-bond donors (Lipinski definition) is 0. The first-order valence-electron chi connectivity index (χ1n) is 12.9. The minimum atomic E-state index is -0.294. The maximum Gasteiger partial charge on any atom is 0.306 e. The standard InChI is InChI=1S/C32H39FO5/c1-32(2,3)29-15-9-22(18-27(29)28-20-26(36-5)14-16-30(28)33)21-38-25-12-10-23(11-13-25)24(8-7-17-35-4)19-31(34)37-6/h9-16,18,20,24H,7-8,17,19,21H2,1-6H3/t24-/m1/s1. The molecular weight excluding hydrogens is 483 g/mol. The van der Waals surface area contributed by atoms with Gasteiger partial charge in [0, 0.05) is 19.3 Å². The summed E-state index contributed by atoms with van der Waals surface area (Å²) in [6.45, 7) is 7.33. The van der Waals surface area contributed by atoms with Crippen LogP contribution in [0.15, 0.2) is 60.7 Å². The Bertz CT molecular complexity index is 1200. The van der Waals surface area contributed by atoms with Crippen LogP contribution in [-0.2, 0) is 26.3 Å². The topological polar surface area (TPSA) is 54.0 Å². The van der Waals surface area contributed by atoms with Crippen molar-refractivity contribution in [1.82, 2.24) is 0 Å². The molecule has 1 atom stereocenters. The molecule has 0 saturated carbocycles. The van der Waals surface area contributed by atoms with Crippen LogP contribution in [0.1, 0.15) is 62.6 Å². The third kappa shape index (κ3) is 7.81. The van der Waals surface area contributed by atoms with Gasteiger partial charge in [-0.1, -0.05) is 45.0 Å². The van der Waals surface area contributed by atoms with E-state index in [0.717, 1.165) is 40.8 Å². The fraction of sp³-hybridized carbons (Fsp3) is 0.406. The molecule has 0 spiro atoms. The molecule has 0 N–H and O–H groups in total. The van der Waals surface area contributed by atoms with Gasteiger partial charge < -0.3 is 18.9 Å². The van der Waals surface area contributed by atoms with Crippen LogP contribution >= 0.6 is 0 Å². The van der Waals surface area contributed by atoms with E-state index in [1.54, 1.807) is 26.4 Å². The average molecular weight is 523 g/mol. The first kappa shape index (κ1) is 29.2. The SMILES string of the molecule is COCCC[C@H](CC(=O)OC)c1ccc(OCc2ccc(C(C)(C)C)c(-c3cc(OC)ccc3F)c2)cc1. The van der Waals surface area contributed by atoms with Gasteiger partial charge in [-0.25, -0.2) is 4.39 Å². The molecule has 5 nitrogen and oxygen atoms in total. The third-order valence-corrected chi connectivity index (χ3v) is 6.65. The second-order valence-corrected chi connectivity index (χ2v) is 10.4. The van der Waals surface area contributed by atoms with E-state index >= 15 is 0 Å². The van der Waals surface area contributed by atoms with Gasteiger partial charge in [-0.3, -0.25) is 4.79 Å². The van der Waals surface area contributed by atoms with E-state index in [1.165, 1.54) is 13.2 Å². The van der Waals surface area contributed by atoms with Crippen molar-refractivity contribution in [2.45, 2.75) is 58.0 Å². The van der Waals surface area contributed by atoms with E-state index in [9.17, 15) is 9.18 Å². The molecule has 0 fully saturated rings. The van der Waals surface area contributed by atoms with Crippen LogP contribution in [0.4, 0.5) is 4.39 Å². The molecule has 3 aromatic rings. The highest BCUT2D eigenvalue weighted by Crippen LogP contribution is 2.37. The maximum absolute atomic E-state index is 14.9. The summed E-state index contributed by atoms with van der Waals surface area (Å²) in [4.78, 5) is 11.9. The number of benzene rings is 3. The van der Waals surface area contributed by atoms with E-state index in [0.29, 0.717) is 30.9 Å². The molecule has 0 aliphatic heterocycles. The molecule has 0 aromatic heterocycles. The number of rotatable bonds is 12. The first-order chi connectivity index (χ1) is 18.2. The Kier molecular flexibility index (Phi) is 10.3. The smallest absolute Gasteiger partial charge is 0.306 e. The van der Waals surface area contributed by atoms with Gasteiger partial charge in [-0.05, 0) is 82.8 Å². The fourth-order valence-electron chi connectivity index (χ4n) is 4.54. The Hall–Kier alpha value is -3.38. The van der Waals surface area contributed by atoms with Gasteiger partial charge in [-0.15, -0.1) is 0 Å². The lowest BCUT2D eigenvalue weighted by atomic mass is 9.81. The Morgan fingerprint density at radius 2 is 1.61 bits per heavy atom. The highest BCUT2D eigenvalue weighted by molar-refractivity contribution is 5.72. The largest absolute Gasteiger partial charge is 0.497 e. The minimum Gasteiger partial charge on any atom is -0.497 e. The van der Waals surface area contributed by atoms with Crippen LogP contribution in [0.2, 0.25) is 0 Å². The first-order valence-corrected chi connectivity index (χ1v) is 12.9. The summed E-state index contributed by atoms with van der Waals surface area (Å²) in [6.07, 6.45) is 2.01. The Morgan fingerprint density at radius 1 is 0.895 bits per heavy atom. The lowest BCUT2D eigenvalue weighted by Gasteiger charge is -2.24. The van der Waals surface area contributed by atoms with Crippen molar-refractivity contribution in [3.05, 3.63) is 83.2 Å². The number of halogens is 1. The third-order valence-electron chi connectivity index (χ3n) is 6.65. The summed E-state index contributed by atoms with van der Waals surface area (Å²) < 4.78 is 36.4. The molecule has 0 aliphatic carbocycles. The monoisotopic (exact) mass is 522 g/mol. The molecular formula is C32H39FO5. The minimum absolute atomic E-state index is 0.0527. The normalized spacial score (nSPS) is 12.2. The van der Waals surface area contributed by atoms with Crippen LogP contribution in [0.5, 0.6) is 11.5 Å². The molecule has 0 amide bonds. The van der Waals surface area contributed by atoms with E-state index in [4.69, 9.17) is 18.9 Å². The summed E-state index contributed by atoms with van der Waals surface area (Å²) in [5.74, 6) is 0.857.